The molecule has 0 amide bonds. The van der Waals surface area contributed by atoms with E-state index in [9.17, 15) is 4.79 Å². The fraction of sp³-hybridized carbons (Fsp3) is 0.273. The highest BCUT2D eigenvalue weighted by Gasteiger charge is 2.23. The molecule has 78 valence electrons. The lowest BCUT2D eigenvalue weighted by atomic mass is 9.95. The van der Waals surface area contributed by atoms with Gasteiger partial charge in [0.05, 0.1) is 12.1 Å². The number of halogens is 1. The summed E-state index contributed by atoms with van der Waals surface area (Å²) >= 11 is 5.78. The first-order valence-electron chi connectivity index (χ1n) is 4.70. The van der Waals surface area contributed by atoms with E-state index >= 15 is 0 Å². The first-order valence-corrected chi connectivity index (χ1v) is 5.08. The topological polar surface area (TPSA) is 38.7 Å². The minimum atomic E-state index is -0.278. The van der Waals surface area contributed by atoms with Gasteiger partial charge in [0.25, 0.3) is 0 Å². The van der Waals surface area contributed by atoms with E-state index in [0.29, 0.717) is 11.4 Å². The lowest BCUT2D eigenvalue weighted by molar-refractivity contribution is -0.145. The van der Waals surface area contributed by atoms with E-state index < -0.39 is 0 Å². The number of hydrogen-bond acceptors (Lipinski definition) is 3. The largest absolute Gasteiger partial charge is 0.335 e. The van der Waals surface area contributed by atoms with Crippen LogP contribution in [0.2, 0.25) is 5.02 Å². The third-order valence-electron chi connectivity index (χ3n) is 2.33. The van der Waals surface area contributed by atoms with Gasteiger partial charge in [0, 0.05) is 10.9 Å². The Morgan fingerprint density at radius 3 is 2.67 bits per heavy atom. The molecule has 1 aromatic rings. The molecule has 4 heteroatoms. The van der Waals surface area contributed by atoms with Crippen molar-refractivity contribution in [1.29, 1.82) is 0 Å². The Kier molecular flexibility index (Phi) is 2.73. The fourth-order valence-electron chi connectivity index (χ4n) is 1.53. The fourth-order valence-corrected chi connectivity index (χ4v) is 1.66. The first-order chi connectivity index (χ1) is 7.16. The summed E-state index contributed by atoms with van der Waals surface area (Å²) in [7, 11) is 0. The number of nitrogens with zero attached hydrogens (tertiary/aromatic N) is 1. The van der Waals surface area contributed by atoms with Crippen LogP contribution in [0.5, 0.6) is 0 Å². The van der Waals surface area contributed by atoms with Gasteiger partial charge in [0.2, 0.25) is 0 Å². The van der Waals surface area contributed by atoms with E-state index in [0.717, 1.165) is 11.3 Å². The smallest absolute Gasteiger partial charge is 0.318 e. The van der Waals surface area contributed by atoms with Crippen molar-refractivity contribution in [3.05, 3.63) is 34.9 Å². The van der Waals surface area contributed by atoms with Crippen molar-refractivity contribution >= 4 is 23.3 Å². The van der Waals surface area contributed by atoms with Gasteiger partial charge in [-0.3, -0.25) is 0 Å². The van der Waals surface area contributed by atoms with Gasteiger partial charge in [-0.2, -0.15) is 0 Å². The standard InChI is InChI=1S/C11H10ClNO2/c1-7-6-10(14)15-13-11(7)8-2-4-9(12)5-3-8/h2-5,7H,6H2,1H3/t7-/m1/s1. The highest BCUT2D eigenvalue weighted by Crippen LogP contribution is 2.20. The van der Waals surface area contributed by atoms with Crippen molar-refractivity contribution in [2.24, 2.45) is 11.1 Å². The molecule has 1 aliphatic rings. The first kappa shape index (κ1) is 10.2. The molecular formula is C11H10ClNO2. The number of hydrogen-bond donors (Lipinski definition) is 0. The van der Waals surface area contributed by atoms with Crippen LogP contribution in [0.4, 0.5) is 0 Å². The maximum atomic E-state index is 11.0. The van der Waals surface area contributed by atoms with E-state index in [-0.39, 0.29) is 11.9 Å². The van der Waals surface area contributed by atoms with Crippen LogP contribution in [-0.2, 0) is 9.63 Å². The van der Waals surface area contributed by atoms with Gasteiger partial charge in [-0.15, -0.1) is 0 Å². The third kappa shape index (κ3) is 2.18. The zero-order valence-corrected chi connectivity index (χ0v) is 8.99. The van der Waals surface area contributed by atoms with Gasteiger partial charge in [0.1, 0.15) is 0 Å². The Morgan fingerprint density at radius 1 is 1.40 bits per heavy atom. The zero-order valence-electron chi connectivity index (χ0n) is 8.24. The quantitative estimate of drug-likeness (QED) is 0.687. The maximum absolute atomic E-state index is 11.0. The van der Waals surface area contributed by atoms with E-state index in [1.165, 1.54) is 0 Å². The van der Waals surface area contributed by atoms with Crippen molar-refractivity contribution in [2.45, 2.75) is 13.3 Å². The van der Waals surface area contributed by atoms with Crippen LogP contribution >= 0.6 is 11.6 Å². The average molecular weight is 224 g/mol. The summed E-state index contributed by atoms with van der Waals surface area (Å²) in [6.07, 6.45) is 0.376. The summed E-state index contributed by atoms with van der Waals surface area (Å²) in [4.78, 5) is 15.6. The molecule has 0 fully saturated rings. The molecule has 0 aliphatic carbocycles. The van der Waals surface area contributed by atoms with Crippen molar-refractivity contribution in [3.8, 4) is 0 Å². The lowest BCUT2D eigenvalue weighted by Crippen LogP contribution is -2.23. The maximum Gasteiger partial charge on any atom is 0.335 e. The van der Waals surface area contributed by atoms with Gasteiger partial charge in [-0.05, 0) is 17.7 Å². The van der Waals surface area contributed by atoms with Crippen molar-refractivity contribution in [1.82, 2.24) is 0 Å². The Bertz CT molecular complexity index is 411. The second-order valence-corrected chi connectivity index (χ2v) is 3.99. The monoisotopic (exact) mass is 223 g/mol. The molecule has 3 nitrogen and oxygen atoms in total. The van der Waals surface area contributed by atoms with Crippen LogP contribution in [0.1, 0.15) is 18.9 Å². The predicted molar refractivity (Wildman–Crippen MR) is 57.9 cm³/mol. The van der Waals surface area contributed by atoms with Gasteiger partial charge >= 0.3 is 5.97 Å². The number of rotatable bonds is 1. The zero-order chi connectivity index (χ0) is 10.8. The van der Waals surface area contributed by atoms with E-state index in [1.807, 2.05) is 19.1 Å². The summed E-state index contributed by atoms with van der Waals surface area (Å²) in [6, 6.07) is 7.33. The normalized spacial score (nSPS) is 20.8. The third-order valence-corrected chi connectivity index (χ3v) is 2.58. The molecule has 0 bridgehead atoms. The molecule has 15 heavy (non-hydrogen) atoms. The van der Waals surface area contributed by atoms with Crippen LogP contribution < -0.4 is 0 Å². The predicted octanol–water partition coefficient (Wildman–Crippen LogP) is 2.63. The Labute approximate surface area is 92.7 Å². The molecule has 0 aromatic heterocycles. The number of oxime groups is 1. The van der Waals surface area contributed by atoms with Crippen molar-refractivity contribution in [2.75, 3.05) is 0 Å². The van der Waals surface area contributed by atoms with Crippen LogP contribution in [0.25, 0.3) is 0 Å². The molecule has 0 spiro atoms. The summed E-state index contributed by atoms with van der Waals surface area (Å²) in [5.74, 6) is -0.187. The van der Waals surface area contributed by atoms with Gasteiger partial charge in [-0.1, -0.05) is 35.8 Å². The lowest BCUT2D eigenvalue weighted by Gasteiger charge is -2.17. The number of carbonyl (C=O) groups is 1. The Balaban J connectivity index is 2.31. The van der Waals surface area contributed by atoms with Gasteiger partial charge in [-0.25, -0.2) is 4.79 Å². The second kappa shape index (κ2) is 4.03. The van der Waals surface area contributed by atoms with Crippen LogP contribution in [-0.4, -0.2) is 11.7 Å². The van der Waals surface area contributed by atoms with Crippen molar-refractivity contribution < 1.29 is 9.63 Å². The molecule has 0 saturated carbocycles. The van der Waals surface area contributed by atoms with Crippen LogP contribution in [0.15, 0.2) is 29.4 Å². The SMILES string of the molecule is C[C@@H]1CC(=O)ON=C1c1ccc(Cl)cc1. The highest BCUT2D eigenvalue weighted by atomic mass is 35.5. The molecule has 0 unspecified atom stereocenters. The number of carbonyl (C=O) groups excluding carboxylic acids is 1. The molecule has 1 aliphatic heterocycles. The molecule has 1 aromatic carbocycles. The van der Waals surface area contributed by atoms with E-state index in [2.05, 4.69) is 9.99 Å². The molecule has 1 heterocycles. The van der Waals surface area contributed by atoms with Crippen LogP contribution in [0.3, 0.4) is 0 Å². The van der Waals surface area contributed by atoms with Gasteiger partial charge in [0.15, 0.2) is 0 Å². The summed E-state index contributed by atoms with van der Waals surface area (Å²) < 4.78 is 0. The summed E-state index contributed by atoms with van der Waals surface area (Å²) in [5.41, 5.74) is 1.74. The average Bonchev–Trinajstić information content (AvgIpc) is 2.20. The molecule has 2 rings (SSSR count). The van der Waals surface area contributed by atoms with Crippen LogP contribution in [0, 0.1) is 5.92 Å². The molecule has 0 saturated heterocycles. The van der Waals surface area contributed by atoms with E-state index in [1.54, 1.807) is 12.1 Å². The minimum absolute atomic E-state index is 0.0902. The summed E-state index contributed by atoms with van der Waals surface area (Å²) in [6.45, 7) is 1.95. The Morgan fingerprint density at radius 2 is 2.07 bits per heavy atom. The minimum Gasteiger partial charge on any atom is -0.318 e. The molecular weight excluding hydrogens is 214 g/mol. The highest BCUT2D eigenvalue weighted by molar-refractivity contribution is 6.30. The van der Waals surface area contributed by atoms with E-state index in [4.69, 9.17) is 11.6 Å². The van der Waals surface area contributed by atoms with Crippen molar-refractivity contribution in [3.63, 3.8) is 0 Å². The molecule has 0 radical (unpaired) electrons. The second-order valence-electron chi connectivity index (χ2n) is 3.55. The molecule has 0 N–H and O–H groups in total. The Hall–Kier alpha value is -1.35. The summed E-state index contributed by atoms with van der Waals surface area (Å²) in [5, 5.41) is 4.50. The van der Waals surface area contributed by atoms with Gasteiger partial charge < -0.3 is 4.84 Å². The number of benzene rings is 1. The molecule has 1 atom stereocenters.